The number of nitrogens with zero attached hydrogens (tertiary/aromatic N) is 2. The normalized spacial score (nSPS) is 17.0. The maximum Gasteiger partial charge on any atom is 0.289 e. The van der Waals surface area contributed by atoms with E-state index < -0.39 is 0 Å². The first-order valence-corrected chi connectivity index (χ1v) is 9.69. The first-order valence-electron chi connectivity index (χ1n) is 9.69. The number of hydrogen-bond donors (Lipinski definition) is 1. The van der Waals surface area contributed by atoms with Crippen molar-refractivity contribution in [2.24, 2.45) is 0 Å². The van der Waals surface area contributed by atoms with Gasteiger partial charge in [0.1, 0.15) is 0 Å². The SMILES string of the molecule is CC(C)c1cc(C(=O)NCC(c2ccccc2)N2CCCCCC2)on1. The molecule has 5 heteroatoms. The second-order valence-corrected chi connectivity index (χ2v) is 7.36. The smallest absolute Gasteiger partial charge is 0.289 e. The molecule has 26 heavy (non-hydrogen) atoms. The highest BCUT2D eigenvalue weighted by atomic mass is 16.5. The maximum absolute atomic E-state index is 12.5. The first-order chi connectivity index (χ1) is 12.6. The summed E-state index contributed by atoms with van der Waals surface area (Å²) in [6, 6.07) is 12.4. The molecule has 1 unspecified atom stereocenters. The van der Waals surface area contributed by atoms with Crippen LogP contribution >= 0.6 is 0 Å². The van der Waals surface area contributed by atoms with Crippen LogP contribution < -0.4 is 5.32 Å². The Kier molecular flexibility index (Phi) is 6.45. The van der Waals surface area contributed by atoms with Crippen LogP contribution in [0.4, 0.5) is 0 Å². The zero-order valence-corrected chi connectivity index (χ0v) is 15.8. The molecule has 2 heterocycles. The van der Waals surface area contributed by atoms with Gasteiger partial charge in [0.15, 0.2) is 0 Å². The fraction of sp³-hybridized carbons (Fsp3) is 0.524. The highest BCUT2D eigenvalue weighted by Gasteiger charge is 2.23. The van der Waals surface area contributed by atoms with Crippen LogP contribution in [0.15, 0.2) is 40.9 Å². The van der Waals surface area contributed by atoms with Gasteiger partial charge in [0.25, 0.3) is 5.91 Å². The van der Waals surface area contributed by atoms with Crippen molar-refractivity contribution in [3.05, 3.63) is 53.4 Å². The third kappa shape index (κ3) is 4.73. The lowest BCUT2D eigenvalue weighted by atomic mass is 10.0. The molecule has 0 saturated carbocycles. The Morgan fingerprint density at radius 2 is 1.85 bits per heavy atom. The van der Waals surface area contributed by atoms with Crippen LogP contribution in [0.2, 0.25) is 0 Å². The molecule has 0 aliphatic carbocycles. The Bertz CT molecular complexity index is 688. The van der Waals surface area contributed by atoms with E-state index in [4.69, 9.17) is 4.52 Å². The molecule has 1 N–H and O–H groups in total. The van der Waals surface area contributed by atoms with Gasteiger partial charge >= 0.3 is 0 Å². The molecule has 1 fully saturated rings. The van der Waals surface area contributed by atoms with E-state index in [9.17, 15) is 4.79 Å². The zero-order valence-electron chi connectivity index (χ0n) is 15.8. The van der Waals surface area contributed by atoms with Crippen LogP contribution in [0.3, 0.4) is 0 Å². The molecular formula is C21H29N3O2. The molecule has 1 atom stereocenters. The van der Waals surface area contributed by atoms with Gasteiger partial charge in [0.2, 0.25) is 5.76 Å². The molecule has 5 nitrogen and oxygen atoms in total. The van der Waals surface area contributed by atoms with Crippen LogP contribution in [0.1, 0.15) is 73.3 Å². The number of carbonyl (C=O) groups is 1. The van der Waals surface area contributed by atoms with Crippen molar-refractivity contribution in [2.45, 2.75) is 51.5 Å². The lowest BCUT2D eigenvalue weighted by Gasteiger charge is -2.31. The minimum absolute atomic E-state index is 0.186. The average molecular weight is 355 g/mol. The number of carbonyl (C=O) groups excluding carboxylic acids is 1. The number of hydrogen-bond acceptors (Lipinski definition) is 4. The number of likely N-dealkylation sites (tertiary alicyclic amines) is 1. The van der Waals surface area contributed by atoms with Gasteiger partial charge in [0, 0.05) is 12.6 Å². The summed E-state index contributed by atoms with van der Waals surface area (Å²) >= 11 is 0. The van der Waals surface area contributed by atoms with Gasteiger partial charge in [-0.05, 0) is 37.4 Å². The number of rotatable bonds is 6. The van der Waals surface area contributed by atoms with E-state index in [2.05, 4.69) is 39.6 Å². The Balaban J connectivity index is 1.69. The van der Waals surface area contributed by atoms with Gasteiger partial charge < -0.3 is 9.84 Å². The highest BCUT2D eigenvalue weighted by Crippen LogP contribution is 2.24. The maximum atomic E-state index is 12.5. The summed E-state index contributed by atoms with van der Waals surface area (Å²) in [5.74, 6) is 0.339. The van der Waals surface area contributed by atoms with Crippen LogP contribution in [-0.2, 0) is 0 Å². The van der Waals surface area contributed by atoms with Crippen molar-refractivity contribution >= 4 is 5.91 Å². The summed E-state index contributed by atoms with van der Waals surface area (Å²) < 4.78 is 5.22. The summed E-state index contributed by atoms with van der Waals surface area (Å²) in [5, 5.41) is 7.03. The molecule has 1 saturated heterocycles. The predicted molar refractivity (Wildman–Crippen MR) is 102 cm³/mol. The van der Waals surface area contributed by atoms with Gasteiger partial charge in [-0.3, -0.25) is 9.69 Å². The van der Waals surface area contributed by atoms with Crippen molar-refractivity contribution in [1.29, 1.82) is 0 Å². The summed E-state index contributed by atoms with van der Waals surface area (Å²) in [6.07, 6.45) is 5.02. The molecule has 3 rings (SSSR count). The molecular weight excluding hydrogens is 326 g/mol. The Morgan fingerprint density at radius 3 is 2.46 bits per heavy atom. The van der Waals surface area contributed by atoms with Crippen molar-refractivity contribution in [3.63, 3.8) is 0 Å². The fourth-order valence-corrected chi connectivity index (χ4v) is 3.48. The van der Waals surface area contributed by atoms with E-state index in [1.165, 1.54) is 31.2 Å². The second-order valence-electron chi connectivity index (χ2n) is 7.36. The molecule has 0 spiro atoms. The highest BCUT2D eigenvalue weighted by molar-refractivity contribution is 5.91. The molecule has 0 radical (unpaired) electrons. The molecule has 2 aromatic rings. The average Bonchev–Trinajstić information content (AvgIpc) is 3.01. The minimum atomic E-state index is -0.194. The molecule has 0 bridgehead atoms. The second kappa shape index (κ2) is 8.99. The first kappa shape index (κ1) is 18.6. The summed E-state index contributed by atoms with van der Waals surface area (Å²) in [4.78, 5) is 15.0. The van der Waals surface area contributed by atoms with E-state index in [0.717, 1.165) is 18.8 Å². The lowest BCUT2D eigenvalue weighted by molar-refractivity contribution is 0.0896. The minimum Gasteiger partial charge on any atom is -0.351 e. The van der Waals surface area contributed by atoms with E-state index in [-0.39, 0.29) is 23.6 Å². The Morgan fingerprint density at radius 1 is 1.15 bits per heavy atom. The Hall–Kier alpha value is -2.14. The van der Waals surface area contributed by atoms with E-state index >= 15 is 0 Å². The van der Waals surface area contributed by atoms with E-state index in [0.29, 0.717) is 6.54 Å². The van der Waals surface area contributed by atoms with Crippen molar-refractivity contribution in [2.75, 3.05) is 19.6 Å². The fourth-order valence-electron chi connectivity index (χ4n) is 3.48. The number of benzene rings is 1. The number of nitrogens with one attached hydrogen (secondary N) is 1. The molecule has 1 aliphatic heterocycles. The van der Waals surface area contributed by atoms with Gasteiger partial charge in [-0.25, -0.2) is 0 Å². The van der Waals surface area contributed by atoms with Crippen LogP contribution in [0, 0.1) is 0 Å². The van der Waals surface area contributed by atoms with Gasteiger partial charge in [-0.15, -0.1) is 0 Å². The van der Waals surface area contributed by atoms with E-state index in [1.54, 1.807) is 6.07 Å². The van der Waals surface area contributed by atoms with Crippen LogP contribution in [-0.4, -0.2) is 35.6 Å². The molecule has 1 aromatic heterocycles. The monoisotopic (exact) mass is 355 g/mol. The van der Waals surface area contributed by atoms with Crippen molar-refractivity contribution in [3.8, 4) is 0 Å². The van der Waals surface area contributed by atoms with Gasteiger partial charge in [0.05, 0.1) is 11.7 Å². The largest absolute Gasteiger partial charge is 0.351 e. The molecule has 1 aliphatic rings. The van der Waals surface area contributed by atoms with Gasteiger partial charge in [-0.1, -0.05) is 62.2 Å². The summed E-state index contributed by atoms with van der Waals surface area (Å²) in [6.45, 7) is 6.79. The van der Waals surface area contributed by atoms with Crippen LogP contribution in [0.25, 0.3) is 0 Å². The quantitative estimate of drug-likeness (QED) is 0.846. The van der Waals surface area contributed by atoms with Crippen molar-refractivity contribution in [1.82, 2.24) is 15.4 Å². The summed E-state index contributed by atoms with van der Waals surface area (Å²) in [7, 11) is 0. The number of aromatic nitrogens is 1. The third-order valence-corrected chi connectivity index (χ3v) is 5.07. The third-order valence-electron chi connectivity index (χ3n) is 5.07. The van der Waals surface area contributed by atoms with Gasteiger partial charge in [-0.2, -0.15) is 0 Å². The summed E-state index contributed by atoms with van der Waals surface area (Å²) in [5.41, 5.74) is 2.05. The van der Waals surface area contributed by atoms with Crippen LogP contribution in [0.5, 0.6) is 0 Å². The molecule has 1 aromatic carbocycles. The Labute approximate surface area is 155 Å². The van der Waals surface area contributed by atoms with E-state index in [1.807, 2.05) is 19.9 Å². The van der Waals surface area contributed by atoms with Crippen molar-refractivity contribution < 1.29 is 9.32 Å². The zero-order chi connectivity index (χ0) is 18.4. The topological polar surface area (TPSA) is 58.4 Å². The standard InChI is InChI=1S/C21H29N3O2/c1-16(2)18-14-20(26-23-18)21(25)22-15-19(17-10-6-5-7-11-17)24-12-8-3-4-9-13-24/h5-7,10-11,14,16,19H,3-4,8-9,12-13,15H2,1-2H3,(H,22,25). The molecule has 1 amide bonds. The lowest BCUT2D eigenvalue weighted by Crippen LogP contribution is -2.38. The predicted octanol–water partition coefficient (Wildman–Crippen LogP) is 4.15. The number of amides is 1. The molecule has 140 valence electrons.